The highest BCUT2D eigenvalue weighted by Gasteiger charge is 2.37. The average molecular weight is 268 g/mol. The second-order valence-corrected chi connectivity index (χ2v) is 7.53. The van der Waals surface area contributed by atoms with Gasteiger partial charge in [0.15, 0.2) is 0 Å². The summed E-state index contributed by atoms with van der Waals surface area (Å²) in [6, 6.07) is 1.06. The fourth-order valence-corrected chi connectivity index (χ4v) is 2.65. The van der Waals surface area contributed by atoms with Gasteiger partial charge in [-0.2, -0.15) is 0 Å². The van der Waals surface area contributed by atoms with E-state index < -0.39 is 5.97 Å². The summed E-state index contributed by atoms with van der Waals surface area (Å²) in [5.74, 6) is 0.0766. The molecule has 2 fully saturated rings. The number of hydrogen-bond acceptors (Lipinski definition) is 3. The zero-order valence-electron chi connectivity index (χ0n) is 12.5. The van der Waals surface area contributed by atoms with Crippen LogP contribution in [0.4, 0.5) is 0 Å². The third-order valence-corrected chi connectivity index (χ3v) is 4.08. The maximum Gasteiger partial charge on any atom is 0.317 e. The number of carboxylic acids is 1. The summed E-state index contributed by atoms with van der Waals surface area (Å²) in [5.41, 5.74) is 0.319. The smallest absolute Gasteiger partial charge is 0.317 e. The molecular weight excluding hydrogens is 240 g/mol. The Morgan fingerprint density at radius 2 is 1.95 bits per heavy atom. The molecule has 2 saturated carbocycles. The number of aliphatic carboxylic acids is 1. The lowest BCUT2D eigenvalue weighted by atomic mass is 9.84. The maximum atomic E-state index is 10.9. The summed E-state index contributed by atoms with van der Waals surface area (Å²) in [5, 5.41) is 12.6. The van der Waals surface area contributed by atoms with Gasteiger partial charge in [-0.25, -0.2) is 0 Å². The molecule has 19 heavy (non-hydrogen) atoms. The quantitative estimate of drug-likeness (QED) is 0.741. The lowest BCUT2D eigenvalue weighted by Gasteiger charge is -2.43. The van der Waals surface area contributed by atoms with E-state index in [-0.39, 0.29) is 6.54 Å². The van der Waals surface area contributed by atoms with Crippen molar-refractivity contribution in [2.75, 3.05) is 19.6 Å². The molecule has 0 heterocycles. The molecule has 0 aromatic rings. The van der Waals surface area contributed by atoms with E-state index >= 15 is 0 Å². The molecule has 0 aromatic heterocycles. The molecule has 4 nitrogen and oxygen atoms in total. The third kappa shape index (κ3) is 5.11. The Kier molecular flexibility index (Phi) is 4.51. The first kappa shape index (κ1) is 14.8. The van der Waals surface area contributed by atoms with Crippen molar-refractivity contribution >= 4 is 5.97 Å². The lowest BCUT2D eigenvalue weighted by molar-refractivity contribution is -0.139. The number of carbonyl (C=O) groups is 1. The predicted octanol–water partition coefficient (Wildman–Crippen LogP) is 1.95. The fourth-order valence-electron chi connectivity index (χ4n) is 2.65. The largest absolute Gasteiger partial charge is 0.480 e. The number of nitrogens with zero attached hydrogens (tertiary/aromatic N) is 1. The molecule has 110 valence electrons. The molecule has 0 spiro atoms. The van der Waals surface area contributed by atoms with E-state index in [1.807, 2.05) is 0 Å². The summed E-state index contributed by atoms with van der Waals surface area (Å²) in [4.78, 5) is 13.1. The summed E-state index contributed by atoms with van der Waals surface area (Å²) < 4.78 is 0. The van der Waals surface area contributed by atoms with Crippen molar-refractivity contribution in [3.05, 3.63) is 0 Å². The zero-order valence-corrected chi connectivity index (χ0v) is 12.5. The van der Waals surface area contributed by atoms with Crippen LogP contribution in [0, 0.1) is 11.3 Å². The van der Waals surface area contributed by atoms with Gasteiger partial charge in [-0.05, 0) is 37.0 Å². The SMILES string of the molecule is CC(C)(C)CNC1CC(N(CC(=O)O)CC2CC2)C1. The Morgan fingerprint density at radius 3 is 2.42 bits per heavy atom. The molecule has 0 aromatic carbocycles. The number of hydrogen-bond donors (Lipinski definition) is 2. The van der Waals surface area contributed by atoms with E-state index in [4.69, 9.17) is 5.11 Å². The van der Waals surface area contributed by atoms with Crippen molar-refractivity contribution in [1.29, 1.82) is 0 Å². The van der Waals surface area contributed by atoms with Crippen LogP contribution in [0.15, 0.2) is 0 Å². The van der Waals surface area contributed by atoms with Crippen molar-refractivity contribution in [1.82, 2.24) is 10.2 Å². The minimum absolute atomic E-state index is 0.215. The van der Waals surface area contributed by atoms with Crippen LogP contribution in [0.3, 0.4) is 0 Å². The molecule has 2 N–H and O–H groups in total. The molecule has 0 saturated heterocycles. The monoisotopic (exact) mass is 268 g/mol. The van der Waals surface area contributed by atoms with Gasteiger partial charge >= 0.3 is 5.97 Å². The van der Waals surface area contributed by atoms with Crippen molar-refractivity contribution in [2.24, 2.45) is 11.3 Å². The van der Waals surface area contributed by atoms with Crippen LogP contribution in [0.5, 0.6) is 0 Å². The van der Waals surface area contributed by atoms with E-state index in [9.17, 15) is 4.79 Å². The Labute approximate surface area is 116 Å². The van der Waals surface area contributed by atoms with E-state index in [1.54, 1.807) is 0 Å². The van der Waals surface area contributed by atoms with Crippen molar-refractivity contribution in [3.63, 3.8) is 0 Å². The first-order valence-electron chi connectivity index (χ1n) is 7.53. The Morgan fingerprint density at radius 1 is 1.32 bits per heavy atom. The molecule has 0 radical (unpaired) electrons. The van der Waals surface area contributed by atoms with E-state index in [0.29, 0.717) is 17.5 Å². The second kappa shape index (κ2) is 5.80. The minimum Gasteiger partial charge on any atom is -0.480 e. The molecule has 0 unspecified atom stereocenters. The van der Waals surface area contributed by atoms with Crippen LogP contribution in [-0.2, 0) is 4.79 Å². The molecule has 2 aliphatic carbocycles. The number of nitrogens with one attached hydrogen (secondary N) is 1. The molecule has 0 atom stereocenters. The second-order valence-electron chi connectivity index (χ2n) is 7.53. The number of rotatable bonds is 7. The van der Waals surface area contributed by atoms with Gasteiger partial charge in [0.2, 0.25) is 0 Å². The average Bonchev–Trinajstić information content (AvgIpc) is 2.95. The topological polar surface area (TPSA) is 52.6 Å². The molecule has 4 heteroatoms. The Balaban J connectivity index is 1.71. The van der Waals surface area contributed by atoms with E-state index in [1.165, 1.54) is 12.8 Å². The summed E-state index contributed by atoms with van der Waals surface area (Å²) >= 11 is 0. The Hall–Kier alpha value is -0.610. The first-order valence-corrected chi connectivity index (χ1v) is 7.53. The van der Waals surface area contributed by atoms with Gasteiger partial charge in [0.05, 0.1) is 6.54 Å². The van der Waals surface area contributed by atoms with Crippen molar-refractivity contribution in [3.8, 4) is 0 Å². The summed E-state index contributed by atoms with van der Waals surface area (Å²) in [6.07, 6.45) is 4.79. The highest BCUT2D eigenvalue weighted by atomic mass is 16.4. The minimum atomic E-state index is -0.688. The van der Waals surface area contributed by atoms with Crippen LogP contribution >= 0.6 is 0 Å². The summed E-state index contributed by atoms with van der Waals surface area (Å²) in [6.45, 7) is 8.95. The van der Waals surface area contributed by atoms with Gasteiger partial charge in [-0.1, -0.05) is 20.8 Å². The van der Waals surface area contributed by atoms with E-state index in [0.717, 1.165) is 31.8 Å². The van der Waals surface area contributed by atoms with Crippen LogP contribution < -0.4 is 5.32 Å². The van der Waals surface area contributed by atoms with Gasteiger partial charge in [-0.15, -0.1) is 0 Å². The van der Waals surface area contributed by atoms with E-state index in [2.05, 4.69) is 31.0 Å². The highest BCUT2D eigenvalue weighted by Crippen LogP contribution is 2.33. The standard InChI is InChI=1S/C15H28N2O2/c1-15(2,3)10-16-12-6-13(7-12)17(9-14(18)19)8-11-4-5-11/h11-13,16H,4-10H2,1-3H3,(H,18,19). The lowest BCUT2D eigenvalue weighted by Crippen LogP contribution is -2.55. The van der Waals surface area contributed by atoms with Gasteiger partial charge in [0, 0.05) is 25.2 Å². The molecule has 2 aliphatic rings. The Bertz CT molecular complexity index is 315. The predicted molar refractivity (Wildman–Crippen MR) is 76.2 cm³/mol. The van der Waals surface area contributed by atoms with Gasteiger partial charge < -0.3 is 10.4 Å². The summed E-state index contributed by atoms with van der Waals surface area (Å²) in [7, 11) is 0. The molecule has 0 bridgehead atoms. The first-order chi connectivity index (χ1) is 8.83. The van der Waals surface area contributed by atoms with Gasteiger partial charge in [0.1, 0.15) is 0 Å². The highest BCUT2D eigenvalue weighted by molar-refractivity contribution is 5.69. The molecular formula is C15H28N2O2. The fraction of sp³-hybridized carbons (Fsp3) is 0.933. The van der Waals surface area contributed by atoms with Crippen LogP contribution in [0.1, 0.15) is 46.5 Å². The number of carboxylic acid groups (broad SMARTS) is 1. The third-order valence-electron chi connectivity index (χ3n) is 4.08. The molecule has 2 rings (SSSR count). The van der Waals surface area contributed by atoms with Crippen LogP contribution in [0.2, 0.25) is 0 Å². The molecule has 0 aliphatic heterocycles. The van der Waals surface area contributed by atoms with Gasteiger partial charge in [-0.3, -0.25) is 9.69 Å². The zero-order chi connectivity index (χ0) is 14.0. The maximum absolute atomic E-state index is 10.9. The molecule has 0 amide bonds. The van der Waals surface area contributed by atoms with Crippen LogP contribution in [0.25, 0.3) is 0 Å². The van der Waals surface area contributed by atoms with Crippen LogP contribution in [-0.4, -0.2) is 47.7 Å². The van der Waals surface area contributed by atoms with Crippen molar-refractivity contribution < 1.29 is 9.90 Å². The normalized spacial score (nSPS) is 27.4. The van der Waals surface area contributed by atoms with Crippen molar-refractivity contribution in [2.45, 2.75) is 58.5 Å². The van der Waals surface area contributed by atoms with Gasteiger partial charge in [0.25, 0.3) is 0 Å².